The van der Waals surface area contributed by atoms with Crippen molar-refractivity contribution in [3.8, 4) is 0 Å². The van der Waals surface area contributed by atoms with Crippen molar-refractivity contribution in [3.63, 3.8) is 0 Å². The van der Waals surface area contributed by atoms with Gasteiger partial charge in [0.05, 0.1) is 6.42 Å². The van der Waals surface area contributed by atoms with E-state index in [9.17, 15) is 24.0 Å². The normalized spacial score (nSPS) is 13.7. The third-order valence-corrected chi connectivity index (χ3v) is 3.39. The summed E-state index contributed by atoms with van der Waals surface area (Å²) >= 11 is 0. The molecule has 0 saturated heterocycles. The van der Waals surface area contributed by atoms with Gasteiger partial charge in [-0.1, -0.05) is 6.92 Å². The summed E-state index contributed by atoms with van der Waals surface area (Å²) in [6, 6.07) is -2.60. The Hall–Kier alpha value is -2.65. The summed E-state index contributed by atoms with van der Waals surface area (Å²) in [7, 11) is 0. The molecule has 0 fully saturated rings. The van der Waals surface area contributed by atoms with E-state index in [4.69, 9.17) is 5.11 Å². The van der Waals surface area contributed by atoms with Crippen LogP contribution in [0.2, 0.25) is 0 Å². The lowest BCUT2D eigenvalue weighted by atomic mass is 10.2. The Labute approximate surface area is 152 Å². The minimum absolute atomic E-state index is 0.243. The third-order valence-electron chi connectivity index (χ3n) is 3.39. The molecule has 0 saturated carbocycles. The standard InChI is InChI=1S/C16H28N4O6/c1-5-8-17-14(24)9(2)19-16(26)11(4)20-15(25)10(3)18-12(21)6-7-13(22)23/h9-11H,5-8H2,1-4H3,(H,17,24)(H,18,21)(H,19,26)(H,20,25)(H,22,23). The number of hydrogen-bond acceptors (Lipinski definition) is 5. The summed E-state index contributed by atoms with van der Waals surface area (Å²) in [5.74, 6) is -3.15. The van der Waals surface area contributed by atoms with Crippen LogP contribution < -0.4 is 21.3 Å². The van der Waals surface area contributed by atoms with Gasteiger partial charge in [0.15, 0.2) is 0 Å². The van der Waals surface area contributed by atoms with Gasteiger partial charge in [-0.25, -0.2) is 0 Å². The van der Waals surface area contributed by atoms with Crippen LogP contribution in [0.3, 0.4) is 0 Å². The van der Waals surface area contributed by atoms with E-state index in [0.717, 1.165) is 6.42 Å². The molecule has 4 amide bonds. The first-order chi connectivity index (χ1) is 12.1. The van der Waals surface area contributed by atoms with Crippen LogP contribution in [-0.4, -0.2) is 59.4 Å². The molecular weight excluding hydrogens is 344 g/mol. The number of carboxylic acids is 1. The molecule has 5 N–H and O–H groups in total. The number of aliphatic carboxylic acids is 1. The van der Waals surface area contributed by atoms with Gasteiger partial charge in [0.25, 0.3) is 0 Å². The Kier molecular flexibility index (Phi) is 10.6. The molecule has 0 radical (unpaired) electrons. The van der Waals surface area contributed by atoms with Gasteiger partial charge < -0.3 is 26.4 Å². The number of hydrogen-bond donors (Lipinski definition) is 5. The van der Waals surface area contributed by atoms with Crippen LogP contribution in [-0.2, 0) is 24.0 Å². The lowest BCUT2D eigenvalue weighted by molar-refractivity contribution is -0.139. The van der Waals surface area contributed by atoms with Crippen LogP contribution in [0.4, 0.5) is 0 Å². The molecule has 148 valence electrons. The summed E-state index contributed by atoms with van der Waals surface area (Å²) in [6.07, 6.45) is 0.194. The zero-order valence-electron chi connectivity index (χ0n) is 15.5. The average molecular weight is 372 g/mol. The number of carbonyl (C=O) groups excluding carboxylic acids is 4. The maximum atomic E-state index is 12.0. The molecule has 3 unspecified atom stereocenters. The van der Waals surface area contributed by atoms with Gasteiger partial charge >= 0.3 is 5.97 Å². The number of rotatable bonds is 11. The molecule has 0 aromatic heterocycles. The van der Waals surface area contributed by atoms with Crippen LogP contribution >= 0.6 is 0 Å². The highest BCUT2D eigenvalue weighted by atomic mass is 16.4. The van der Waals surface area contributed by atoms with Crippen molar-refractivity contribution in [2.75, 3.05) is 6.54 Å². The number of carboxylic acid groups (broad SMARTS) is 1. The van der Waals surface area contributed by atoms with Gasteiger partial charge in [-0.05, 0) is 27.2 Å². The lowest BCUT2D eigenvalue weighted by Crippen LogP contribution is -2.54. The van der Waals surface area contributed by atoms with E-state index >= 15 is 0 Å². The largest absolute Gasteiger partial charge is 0.481 e. The summed E-state index contributed by atoms with van der Waals surface area (Å²) in [6.45, 7) is 6.80. The summed E-state index contributed by atoms with van der Waals surface area (Å²) < 4.78 is 0. The second kappa shape index (κ2) is 11.8. The molecule has 3 atom stereocenters. The first-order valence-corrected chi connectivity index (χ1v) is 8.48. The maximum absolute atomic E-state index is 12.0. The van der Waals surface area contributed by atoms with E-state index in [-0.39, 0.29) is 18.7 Å². The summed E-state index contributed by atoms with van der Waals surface area (Å²) in [5, 5.41) is 18.4. The number of carbonyl (C=O) groups is 5. The SMILES string of the molecule is CCCNC(=O)C(C)NC(=O)C(C)NC(=O)C(C)NC(=O)CCC(=O)O. The highest BCUT2D eigenvalue weighted by molar-refractivity contribution is 5.93. The molecule has 26 heavy (non-hydrogen) atoms. The molecule has 0 aliphatic carbocycles. The van der Waals surface area contributed by atoms with Crippen molar-refractivity contribution in [1.82, 2.24) is 21.3 Å². The summed E-state index contributed by atoms with van der Waals surface area (Å²) in [4.78, 5) is 57.7. The van der Waals surface area contributed by atoms with Crippen LogP contribution in [0.15, 0.2) is 0 Å². The fourth-order valence-corrected chi connectivity index (χ4v) is 1.81. The van der Waals surface area contributed by atoms with E-state index in [1.165, 1.54) is 20.8 Å². The minimum Gasteiger partial charge on any atom is -0.481 e. The molecule has 0 spiro atoms. The molecule has 0 rings (SSSR count). The zero-order valence-corrected chi connectivity index (χ0v) is 15.5. The van der Waals surface area contributed by atoms with E-state index in [1.807, 2.05) is 6.92 Å². The lowest BCUT2D eigenvalue weighted by Gasteiger charge is -2.20. The number of amides is 4. The average Bonchev–Trinajstić information content (AvgIpc) is 2.57. The van der Waals surface area contributed by atoms with Crippen molar-refractivity contribution in [2.45, 2.75) is 65.1 Å². The predicted octanol–water partition coefficient (Wildman–Crippen LogP) is -1.11. The van der Waals surface area contributed by atoms with Gasteiger partial charge in [0.2, 0.25) is 23.6 Å². The summed E-state index contributed by atoms with van der Waals surface area (Å²) in [5.41, 5.74) is 0. The van der Waals surface area contributed by atoms with Crippen LogP contribution in [0.25, 0.3) is 0 Å². The second-order valence-corrected chi connectivity index (χ2v) is 5.93. The van der Waals surface area contributed by atoms with Crippen molar-refractivity contribution in [3.05, 3.63) is 0 Å². The van der Waals surface area contributed by atoms with Crippen LogP contribution in [0.1, 0.15) is 47.0 Å². The zero-order chi connectivity index (χ0) is 20.3. The fraction of sp³-hybridized carbons (Fsp3) is 0.688. The third kappa shape index (κ3) is 9.60. The van der Waals surface area contributed by atoms with Gasteiger partial charge in [-0.2, -0.15) is 0 Å². The molecule has 0 aromatic carbocycles. The van der Waals surface area contributed by atoms with Crippen molar-refractivity contribution < 1.29 is 29.1 Å². The molecule has 0 aliphatic heterocycles. The Bertz CT molecular complexity index is 537. The van der Waals surface area contributed by atoms with Gasteiger partial charge in [-0.15, -0.1) is 0 Å². The van der Waals surface area contributed by atoms with E-state index in [0.29, 0.717) is 6.54 Å². The highest BCUT2D eigenvalue weighted by Crippen LogP contribution is 1.93. The first-order valence-electron chi connectivity index (χ1n) is 8.48. The molecule has 0 heterocycles. The monoisotopic (exact) mass is 372 g/mol. The van der Waals surface area contributed by atoms with Gasteiger partial charge in [-0.3, -0.25) is 24.0 Å². The fourth-order valence-electron chi connectivity index (χ4n) is 1.81. The van der Waals surface area contributed by atoms with Crippen LogP contribution in [0.5, 0.6) is 0 Å². The Morgan fingerprint density at radius 2 is 1.23 bits per heavy atom. The van der Waals surface area contributed by atoms with Gasteiger partial charge in [0, 0.05) is 13.0 Å². The smallest absolute Gasteiger partial charge is 0.303 e. The molecule has 0 aliphatic rings. The van der Waals surface area contributed by atoms with Crippen LogP contribution in [0, 0.1) is 0 Å². The van der Waals surface area contributed by atoms with E-state index < -0.39 is 41.8 Å². The van der Waals surface area contributed by atoms with Crippen molar-refractivity contribution >= 4 is 29.6 Å². The quantitative estimate of drug-likeness (QED) is 0.310. The molecule has 0 bridgehead atoms. The second-order valence-electron chi connectivity index (χ2n) is 5.93. The van der Waals surface area contributed by atoms with Crippen molar-refractivity contribution in [1.29, 1.82) is 0 Å². The maximum Gasteiger partial charge on any atom is 0.303 e. The molecular formula is C16H28N4O6. The topological polar surface area (TPSA) is 154 Å². The van der Waals surface area contributed by atoms with E-state index in [2.05, 4.69) is 21.3 Å². The minimum atomic E-state index is -1.11. The van der Waals surface area contributed by atoms with Gasteiger partial charge in [0.1, 0.15) is 18.1 Å². The highest BCUT2D eigenvalue weighted by Gasteiger charge is 2.23. The molecule has 0 aromatic rings. The Morgan fingerprint density at radius 1 is 0.769 bits per heavy atom. The molecule has 10 heteroatoms. The van der Waals surface area contributed by atoms with E-state index in [1.54, 1.807) is 0 Å². The Balaban J connectivity index is 4.37. The first kappa shape index (κ1) is 23.4. The Morgan fingerprint density at radius 3 is 1.69 bits per heavy atom. The molecule has 10 nitrogen and oxygen atoms in total. The van der Waals surface area contributed by atoms with Crippen molar-refractivity contribution in [2.24, 2.45) is 0 Å². The number of nitrogens with one attached hydrogen (secondary N) is 4. The predicted molar refractivity (Wildman–Crippen MR) is 93.0 cm³/mol.